The van der Waals surface area contributed by atoms with Gasteiger partial charge in [-0.05, 0) is 75.0 Å². The molecule has 0 bridgehead atoms. The van der Waals surface area contributed by atoms with Crippen LogP contribution < -0.4 is 10.1 Å². The van der Waals surface area contributed by atoms with Gasteiger partial charge in [0.05, 0.1) is 10.4 Å². The van der Waals surface area contributed by atoms with Crippen LogP contribution in [0.25, 0.3) is 0 Å². The molecule has 2 aromatic rings. The zero-order valence-electron chi connectivity index (χ0n) is 11.8. The predicted octanol–water partition coefficient (Wildman–Crippen LogP) is 5.10. The summed E-state index contributed by atoms with van der Waals surface area (Å²) in [5.41, 5.74) is 2.75. The van der Waals surface area contributed by atoms with E-state index in [9.17, 15) is 0 Å². The number of ether oxygens (including phenoxy) is 1. The minimum Gasteiger partial charge on any atom is -0.493 e. The molecular weight excluding hydrogens is 414 g/mol. The van der Waals surface area contributed by atoms with Gasteiger partial charge in [-0.25, -0.2) is 0 Å². The second kappa shape index (κ2) is 6.82. The molecule has 21 heavy (non-hydrogen) atoms. The monoisotopic (exact) mass is 429 g/mol. The van der Waals surface area contributed by atoms with Crippen LogP contribution in [-0.4, -0.2) is 13.7 Å². The fraction of sp³-hybridized carbons (Fsp3) is 0.375. The van der Waals surface area contributed by atoms with E-state index in [1.165, 1.54) is 16.0 Å². The number of benzene rings is 1. The minimum atomic E-state index is 0.391. The summed E-state index contributed by atoms with van der Waals surface area (Å²) in [7, 11) is 2.03. The van der Waals surface area contributed by atoms with Gasteiger partial charge in [0.25, 0.3) is 0 Å². The maximum Gasteiger partial charge on any atom is 0.122 e. The zero-order chi connectivity index (χ0) is 14.8. The van der Waals surface area contributed by atoms with Crippen molar-refractivity contribution >= 4 is 43.2 Å². The fourth-order valence-electron chi connectivity index (χ4n) is 2.67. The Labute approximate surface area is 146 Å². The van der Waals surface area contributed by atoms with Gasteiger partial charge < -0.3 is 10.1 Å². The van der Waals surface area contributed by atoms with Crippen LogP contribution in [0, 0.1) is 0 Å². The second-order valence-electron chi connectivity index (χ2n) is 5.19. The highest BCUT2D eigenvalue weighted by molar-refractivity contribution is 9.13. The van der Waals surface area contributed by atoms with Gasteiger partial charge in [0.15, 0.2) is 0 Å². The van der Waals surface area contributed by atoms with E-state index in [2.05, 4.69) is 61.4 Å². The van der Waals surface area contributed by atoms with E-state index >= 15 is 0 Å². The number of halogens is 2. The molecule has 0 aliphatic carbocycles. The summed E-state index contributed by atoms with van der Waals surface area (Å²) in [5, 5.41) is 3.43. The lowest BCUT2D eigenvalue weighted by atomic mass is 10.0. The predicted molar refractivity (Wildman–Crippen MR) is 95.5 cm³/mol. The van der Waals surface area contributed by atoms with Gasteiger partial charge >= 0.3 is 0 Å². The second-order valence-corrected chi connectivity index (χ2v) is 8.45. The summed E-state index contributed by atoms with van der Waals surface area (Å²) in [4.78, 5) is 1.36. The first-order valence-corrected chi connectivity index (χ1v) is 9.44. The largest absolute Gasteiger partial charge is 0.493 e. The van der Waals surface area contributed by atoms with Crippen LogP contribution in [0.5, 0.6) is 5.75 Å². The Kier molecular flexibility index (Phi) is 5.04. The van der Waals surface area contributed by atoms with Crippen LogP contribution in [-0.2, 0) is 12.8 Å². The van der Waals surface area contributed by atoms with E-state index in [0.29, 0.717) is 6.04 Å². The minimum absolute atomic E-state index is 0.391. The van der Waals surface area contributed by atoms with Crippen molar-refractivity contribution in [1.29, 1.82) is 0 Å². The van der Waals surface area contributed by atoms with Crippen LogP contribution >= 0.6 is 43.2 Å². The van der Waals surface area contributed by atoms with Gasteiger partial charge in [-0.15, -0.1) is 11.3 Å². The highest BCUT2D eigenvalue weighted by Gasteiger charge is 2.16. The van der Waals surface area contributed by atoms with Crippen molar-refractivity contribution in [2.45, 2.75) is 25.3 Å². The van der Waals surface area contributed by atoms with Gasteiger partial charge in [0, 0.05) is 21.8 Å². The number of thiophene rings is 1. The van der Waals surface area contributed by atoms with E-state index in [0.717, 1.165) is 39.9 Å². The highest BCUT2D eigenvalue weighted by atomic mass is 79.9. The van der Waals surface area contributed by atoms with Crippen LogP contribution in [0.4, 0.5) is 0 Å². The summed E-state index contributed by atoms with van der Waals surface area (Å²) < 4.78 is 7.86. The lowest BCUT2D eigenvalue weighted by Crippen LogP contribution is -2.15. The molecule has 1 atom stereocenters. The molecule has 5 heteroatoms. The Morgan fingerprint density at radius 3 is 2.90 bits per heavy atom. The molecule has 3 rings (SSSR count). The number of fused-ring (bicyclic) bond motifs is 1. The molecule has 0 saturated heterocycles. The van der Waals surface area contributed by atoms with Crippen molar-refractivity contribution in [3.8, 4) is 5.75 Å². The molecule has 0 spiro atoms. The number of nitrogens with one attached hydrogen (secondary N) is 1. The normalized spacial score (nSPS) is 14.8. The van der Waals surface area contributed by atoms with Crippen LogP contribution in [0.3, 0.4) is 0 Å². The number of hydrogen-bond acceptors (Lipinski definition) is 3. The maximum atomic E-state index is 5.56. The third kappa shape index (κ3) is 3.52. The molecule has 2 heterocycles. The molecule has 0 radical (unpaired) electrons. The molecule has 1 aliphatic rings. The van der Waals surface area contributed by atoms with Crippen molar-refractivity contribution in [2.24, 2.45) is 0 Å². The molecule has 1 aromatic heterocycles. The zero-order valence-corrected chi connectivity index (χ0v) is 15.8. The molecule has 1 aromatic carbocycles. The maximum absolute atomic E-state index is 5.56. The Balaban J connectivity index is 1.67. The van der Waals surface area contributed by atoms with Gasteiger partial charge in [-0.1, -0.05) is 12.1 Å². The summed E-state index contributed by atoms with van der Waals surface area (Å²) in [6.45, 7) is 0.829. The SMILES string of the molecule is CNC(CCc1ccc2c(c1)CCO2)c1cc(Br)c(Br)s1. The molecule has 1 aliphatic heterocycles. The van der Waals surface area contributed by atoms with Gasteiger partial charge in [-0.3, -0.25) is 0 Å². The molecule has 2 nitrogen and oxygen atoms in total. The van der Waals surface area contributed by atoms with E-state index in [1.807, 2.05) is 7.05 Å². The van der Waals surface area contributed by atoms with Crippen molar-refractivity contribution in [1.82, 2.24) is 5.32 Å². The molecule has 0 saturated carbocycles. The smallest absolute Gasteiger partial charge is 0.122 e. The van der Waals surface area contributed by atoms with Crippen molar-refractivity contribution in [3.63, 3.8) is 0 Å². The summed E-state index contributed by atoms with van der Waals surface area (Å²) in [6, 6.07) is 9.20. The van der Waals surface area contributed by atoms with Crippen molar-refractivity contribution in [2.75, 3.05) is 13.7 Å². The molecule has 112 valence electrons. The first kappa shape index (κ1) is 15.5. The van der Waals surface area contributed by atoms with Crippen molar-refractivity contribution < 1.29 is 4.74 Å². The van der Waals surface area contributed by atoms with E-state index in [-0.39, 0.29) is 0 Å². The Hall–Kier alpha value is -0.360. The van der Waals surface area contributed by atoms with E-state index < -0.39 is 0 Å². The van der Waals surface area contributed by atoms with Crippen LogP contribution in [0.15, 0.2) is 32.5 Å². The molecule has 1 unspecified atom stereocenters. The lowest BCUT2D eigenvalue weighted by molar-refractivity contribution is 0.357. The Morgan fingerprint density at radius 1 is 1.33 bits per heavy atom. The first-order chi connectivity index (χ1) is 10.2. The Morgan fingerprint density at radius 2 is 2.19 bits per heavy atom. The molecular formula is C16H17Br2NOS. The molecule has 0 fully saturated rings. The number of aryl methyl sites for hydroxylation is 1. The topological polar surface area (TPSA) is 21.3 Å². The standard InChI is InChI=1S/C16H17Br2NOS/c1-19-13(15-9-12(17)16(18)21-15)4-2-10-3-5-14-11(8-10)6-7-20-14/h3,5,8-9,13,19H,2,4,6-7H2,1H3. The number of hydrogen-bond donors (Lipinski definition) is 1. The average molecular weight is 431 g/mol. The quantitative estimate of drug-likeness (QED) is 0.712. The average Bonchev–Trinajstić information content (AvgIpc) is 3.06. The fourth-order valence-corrected chi connectivity index (χ4v) is 4.90. The van der Waals surface area contributed by atoms with Gasteiger partial charge in [-0.2, -0.15) is 0 Å². The third-order valence-corrected chi connectivity index (χ3v) is 7.20. The Bertz CT molecular complexity index is 622. The summed E-state index contributed by atoms with van der Waals surface area (Å²) in [6.07, 6.45) is 3.21. The van der Waals surface area contributed by atoms with Crippen LogP contribution in [0.2, 0.25) is 0 Å². The number of rotatable bonds is 5. The first-order valence-electron chi connectivity index (χ1n) is 7.04. The van der Waals surface area contributed by atoms with Gasteiger partial charge in [0.2, 0.25) is 0 Å². The molecule has 1 N–H and O–H groups in total. The summed E-state index contributed by atoms with van der Waals surface area (Å²) >= 11 is 8.93. The van der Waals surface area contributed by atoms with Gasteiger partial charge in [0.1, 0.15) is 5.75 Å². The van der Waals surface area contributed by atoms with E-state index in [4.69, 9.17) is 4.74 Å². The third-order valence-electron chi connectivity index (χ3n) is 3.83. The van der Waals surface area contributed by atoms with Crippen LogP contribution in [0.1, 0.15) is 28.5 Å². The molecule has 0 amide bonds. The van der Waals surface area contributed by atoms with Crippen molar-refractivity contribution in [3.05, 3.63) is 48.5 Å². The van der Waals surface area contributed by atoms with E-state index in [1.54, 1.807) is 11.3 Å². The lowest BCUT2D eigenvalue weighted by Gasteiger charge is -2.14. The highest BCUT2D eigenvalue weighted by Crippen LogP contribution is 2.37. The summed E-state index contributed by atoms with van der Waals surface area (Å²) in [5.74, 6) is 1.06.